The maximum atomic E-state index is 12.8. The lowest BCUT2D eigenvalue weighted by Gasteiger charge is -2.33. The van der Waals surface area contributed by atoms with Crippen molar-refractivity contribution in [2.45, 2.75) is 52.1 Å². The van der Waals surface area contributed by atoms with E-state index in [1.165, 1.54) is 18.3 Å². The summed E-state index contributed by atoms with van der Waals surface area (Å²) in [5, 5.41) is 4.33. The van der Waals surface area contributed by atoms with Gasteiger partial charge < -0.3 is 14.4 Å². The van der Waals surface area contributed by atoms with Crippen LogP contribution in [0.4, 0.5) is 18.0 Å². The molecule has 1 fully saturated rings. The van der Waals surface area contributed by atoms with Crippen molar-refractivity contribution in [3.8, 4) is 16.9 Å². The summed E-state index contributed by atoms with van der Waals surface area (Å²) in [5.41, 5.74) is 0.971. The zero-order chi connectivity index (χ0) is 23.5. The number of carbonyl (C=O) groups is 1. The number of piperidine rings is 1. The quantitative estimate of drug-likeness (QED) is 0.582. The van der Waals surface area contributed by atoms with Crippen LogP contribution in [0.5, 0.6) is 5.75 Å². The lowest BCUT2D eigenvalue weighted by molar-refractivity contribution is -0.274. The second-order valence-electron chi connectivity index (χ2n) is 8.87. The average Bonchev–Trinajstić information content (AvgIpc) is 3.14. The summed E-state index contributed by atoms with van der Waals surface area (Å²) >= 11 is 0. The Labute approximate surface area is 185 Å². The summed E-state index contributed by atoms with van der Waals surface area (Å²) in [6.45, 7) is 11.0. The van der Waals surface area contributed by atoms with Crippen LogP contribution >= 0.6 is 0 Å². The van der Waals surface area contributed by atoms with Crippen LogP contribution in [0.3, 0.4) is 0 Å². The standard InChI is InChI=1S/C23H28F3N3O3/c1-5-16-6-7-20(31-23(24,25)26)19(12-16)18-13-27-29(15-18)14-17-8-10-28(11-9-17)21(30)32-22(2,3)4/h5-7,12-13,15,17H,1,8-11,14H2,2-4H3. The van der Waals surface area contributed by atoms with Crippen molar-refractivity contribution >= 4 is 12.2 Å². The van der Waals surface area contributed by atoms with Crippen molar-refractivity contribution in [2.75, 3.05) is 13.1 Å². The van der Waals surface area contributed by atoms with Crippen LogP contribution in [-0.2, 0) is 11.3 Å². The van der Waals surface area contributed by atoms with Crippen molar-refractivity contribution in [2.24, 2.45) is 5.92 Å². The van der Waals surface area contributed by atoms with E-state index in [9.17, 15) is 18.0 Å². The fourth-order valence-electron chi connectivity index (χ4n) is 3.61. The molecule has 0 atom stereocenters. The maximum absolute atomic E-state index is 12.8. The number of carbonyl (C=O) groups excluding carboxylic acids is 1. The first-order valence-electron chi connectivity index (χ1n) is 10.5. The molecule has 1 aliphatic heterocycles. The summed E-state index contributed by atoms with van der Waals surface area (Å²) < 4.78 is 49.8. The first kappa shape index (κ1) is 23.7. The number of alkyl halides is 3. The minimum atomic E-state index is -4.79. The minimum absolute atomic E-state index is 0.284. The third-order valence-electron chi connectivity index (χ3n) is 5.12. The summed E-state index contributed by atoms with van der Waals surface area (Å²) in [4.78, 5) is 13.9. The van der Waals surface area contributed by atoms with Gasteiger partial charge in [-0.3, -0.25) is 4.68 Å². The fraction of sp³-hybridized carbons (Fsp3) is 0.478. The van der Waals surface area contributed by atoms with E-state index in [0.717, 1.165) is 12.8 Å². The molecular weight excluding hydrogens is 423 g/mol. The first-order chi connectivity index (χ1) is 14.9. The van der Waals surface area contributed by atoms with Gasteiger partial charge in [0.05, 0.1) is 6.20 Å². The SMILES string of the molecule is C=Cc1ccc(OC(F)(F)F)c(-c2cnn(CC3CCN(C(=O)OC(C)(C)C)CC3)c2)c1. The molecule has 174 valence electrons. The topological polar surface area (TPSA) is 56.6 Å². The molecule has 0 saturated carbocycles. The van der Waals surface area contributed by atoms with E-state index in [1.807, 2.05) is 20.8 Å². The molecule has 1 amide bonds. The van der Waals surface area contributed by atoms with Gasteiger partial charge >= 0.3 is 12.5 Å². The van der Waals surface area contributed by atoms with Crippen molar-refractivity contribution in [3.05, 3.63) is 42.7 Å². The number of aromatic nitrogens is 2. The third kappa shape index (κ3) is 6.51. The van der Waals surface area contributed by atoms with Gasteiger partial charge in [-0.2, -0.15) is 5.10 Å². The number of benzene rings is 1. The Bertz CT molecular complexity index is 955. The molecule has 3 rings (SSSR count). The molecular formula is C23H28F3N3O3. The third-order valence-corrected chi connectivity index (χ3v) is 5.12. The Morgan fingerprint density at radius 1 is 1.25 bits per heavy atom. The Morgan fingerprint density at radius 2 is 1.94 bits per heavy atom. The molecule has 0 spiro atoms. The fourth-order valence-corrected chi connectivity index (χ4v) is 3.61. The molecule has 2 heterocycles. The molecule has 0 bridgehead atoms. The van der Waals surface area contributed by atoms with Crippen LogP contribution in [0.1, 0.15) is 39.2 Å². The number of rotatable bonds is 5. The smallest absolute Gasteiger partial charge is 0.444 e. The van der Waals surface area contributed by atoms with Crippen LogP contribution in [0.25, 0.3) is 17.2 Å². The number of ether oxygens (including phenoxy) is 2. The van der Waals surface area contributed by atoms with Crippen LogP contribution in [0.2, 0.25) is 0 Å². The molecule has 1 aromatic carbocycles. The molecule has 1 saturated heterocycles. The van der Waals surface area contributed by atoms with Crippen LogP contribution in [0, 0.1) is 5.92 Å². The van der Waals surface area contributed by atoms with Crippen LogP contribution in [-0.4, -0.2) is 45.8 Å². The molecule has 0 N–H and O–H groups in total. The minimum Gasteiger partial charge on any atom is -0.444 e. The van der Waals surface area contributed by atoms with Crippen molar-refractivity contribution in [3.63, 3.8) is 0 Å². The van der Waals surface area contributed by atoms with Crippen LogP contribution < -0.4 is 4.74 Å². The summed E-state index contributed by atoms with van der Waals surface area (Å²) in [6.07, 6.45) is 1.29. The zero-order valence-corrected chi connectivity index (χ0v) is 18.5. The van der Waals surface area contributed by atoms with Gasteiger partial charge in [-0.25, -0.2) is 4.79 Å². The highest BCUT2D eigenvalue weighted by Gasteiger charge is 2.32. The molecule has 0 radical (unpaired) electrons. The number of nitrogens with zero attached hydrogens (tertiary/aromatic N) is 3. The average molecular weight is 451 g/mol. The molecule has 0 unspecified atom stereocenters. The lowest BCUT2D eigenvalue weighted by atomic mass is 9.97. The van der Waals surface area contributed by atoms with Gasteiger partial charge in [-0.1, -0.05) is 18.7 Å². The highest BCUT2D eigenvalue weighted by Crippen LogP contribution is 2.35. The van der Waals surface area contributed by atoms with Gasteiger partial charge in [-0.15, -0.1) is 13.2 Å². The van der Waals surface area contributed by atoms with E-state index in [-0.39, 0.29) is 11.8 Å². The zero-order valence-electron chi connectivity index (χ0n) is 18.5. The Balaban J connectivity index is 1.66. The highest BCUT2D eigenvalue weighted by molar-refractivity contribution is 5.72. The summed E-state index contributed by atoms with van der Waals surface area (Å²) in [5.74, 6) is 0.0140. The van der Waals surface area contributed by atoms with Crippen molar-refractivity contribution in [1.82, 2.24) is 14.7 Å². The predicted molar refractivity (Wildman–Crippen MR) is 115 cm³/mol. The van der Waals surface area contributed by atoms with E-state index in [1.54, 1.807) is 27.9 Å². The Kier molecular flexibility index (Phi) is 6.85. The molecule has 9 heteroatoms. The van der Waals surface area contributed by atoms with Gasteiger partial charge in [0, 0.05) is 37.0 Å². The number of halogens is 3. The van der Waals surface area contributed by atoms with E-state index in [2.05, 4.69) is 16.4 Å². The predicted octanol–water partition coefficient (Wildman–Crippen LogP) is 5.74. The molecule has 1 aliphatic rings. The largest absolute Gasteiger partial charge is 0.573 e. The normalized spacial score (nSPS) is 15.5. The molecule has 0 aliphatic carbocycles. The first-order valence-corrected chi connectivity index (χ1v) is 10.5. The van der Waals surface area contributed by atoms with E-state index >= 15 is 0 Å². The number of likely N-dealkylation sites (tertiary alicyclic amines) is 1. The van der Waals surface area contributed by atoms with E-state index in [0.29, 0.717) is 42.2 Å². The second-order valence-corrected chi connectivity index (χ2v) is 8.87. The van der Waals surface area contributed by atoms with Gasteiger partial charge in [0.25, 0.3) is 0 Å². The van der Waals surface area contributed by atoms with Crippen LogP contribution in [0.15, 0.2) is 37.2 Å². The van der Waals surface area contributed by atoms with E-state index < -0.39 is 12.0 Å². The van der Waals surface area contributed by atoms with Gasteiger partial charge in [0.1, 0.15) is 11.4 Å². The molecule has 6 nitrogen and oxygen atoms in total. The second kappa shape index (κ2) is 9.26. The summed E-state index contributed by atoms with van der Waals surface area (Å²) in [6, 6.07) is 4.39. The Hall–Kier alpha value is -2.97. The molecule has 1 aromatic heterocycles. The van der Waals surface area contributed by atoms with E-state index in [4.69, 9.17) is 4.74 Å². The van der Waals surface area contributed by atoms with Crippen molar-refractivity contribution < 1.29 is 27.4 Å². The molecule has 32 heavy (non-hydrogen) atoms. The highest BCUT2D eigenvalue weighted by atomic mass is 19.4. The lowest BCUT2D eigenvalue weighted by Crippen LogP contribution is -2.42. The maximum Gasteiger partial charge on any atom is 0.573 e. The number of hydrogen-bond donors (Lipinski definition) is 0. The van der Waals surface area contributed by atoms with Gasteiger partial charge in [0.2, 0.25) is 0 Å². The van der Waals surface area contributed by atoms with Crippen molar-refractivity contribution in [1.29, 1.82) is 0 Å². The number of amides is 1. The van der Waals surface area contributed by atoms with Gasteiger partial charge in [-0.05, 0) is 57.2 Å². The monoisotopic (exact) mass is 451 g/mol. The molecule has 2 aromatic rings. The number of hydrogen-bond acceptors (Lipinski definition) is 4. The summed E-state index contributed by atoms with van der Waals surface area (Å²) in [7, 11) is 0. The Morgan fingerprint density at radius 3 is 2.53 bits per heavy atom. The van der Waals surface area contributed by atoms with Gasteiger partial charge in [0.15, 0.2) is 0 Å².